The number of hydrogen-bond donors (Lipinski definition) is 2. The highest BCUT2D eigenvalue weighted by atomic mass is 32.2. The van der Waals surface area contributed by atoms with E-state index in [1.54, 1.807) is 0 Å². The topological polar surface area (TPSA) is 70.9 Å². The molecule has 132 valence electrons. The molecule has 1 saturated carbocycles. The Kier molecular flexibility index (Phi) is 4.89. The SMILES string of the molecule is C[C@@H](C(=O)NC1CC1)[NH+]1CCN(S(=O)(=O)c2cccc(F)c2)CC1. The maximum atomic E-state index is 13.3. The van der Waals surface area contributed by atoms with E-state index in [1.165, 1.54) is 22.5 Å². The van der Waals surface area contributed by atoms with Crippen molar-refractivity contribution in [2.75, 3.05) is 26.2 Å². The molecule has 6 nitrogen and oxygen atoms in total. The van der Waals surface area contributed by atoms with Gasteiger partial charge in [-0.15, -0.1) is 0 Å². The minimum absolute atomic E-state index is 0.0227. The molecule has 1 amide bonds. The van der Waals surface area contributed by atoms with Gasteiger partial charge >= 0.3 is 0 Å². The molecule has 0 unspecified atom stereocenters. The fraction of sp³-hybridized carbons (Fsp3) is 0.562. The lowest BCUT2D eigenvalue weighted by Gasteiger charge is -2.34. The van der Waals surface area contributed by atoms with Crippen molar-refractivity contribution >= 4 is 15.9 Å². The molecular formula is C16H23FN3O3S+. The number of carbonyl (C=O) groups excluding carboxylic acids is 1. The first-order valence-electron chi connectivity index (χ1n) is 8.28. The lowest BCUT2D eigenvalue weighted by Crippen LogP contribution is -3.19. The van der Waals surface area contributed by atoms with Gasteiger partial charge in [0.1, 0.15) is 5.82 Å². The highest BCUT2D eigenvalue weighted by Crippen LogP contribution is 2.18. The van der Waals surface area contributed by atoms with Gasteiger partial charge in [0.15, 0.2) is 6.04 Å². The van der Waals surface area contributed by atoms with Gasteiger partial charge in [-0.1, -0.05) is 6.07 Å². The fourth-order valence-corrected chi connectivity index (χ4v) is 4.44. The quantitative estimate of drug-likeness (QED) is 0.739. The Balaban J connectivity index is 1.60. The minimum atomic E-state index is -3.68. The first-order chi connectivity index (χ1) is 11.4. The second kappa shape index (κ2) is 6.78. The van der Waals surface area contributed by atoms with Crippen LogP contribution in [0.5, 0.6) is 0 Å². The number of benzene rings is 1. The number of amides is 1. The summed E-state index contributed by atoms with van der Waals surface area (Å²) in [5.74, 6) is -0.528. The molecule has 1 aliphatic heterocycles. The first kappa shape index (κ1) is 17.3. The molecule has 1 aromatic rings. The number of hydrogen-bond acceptors (Lipinski definition) is 3. The van der Waals surface area contributed by atoms with Crippen LogP contribution in [0.1, 0.15) is 19.8 Å². The summed E-state index contributed by atoms with van der Waals surface area (Å²) in [6, 6.07) is 5.21. The lowest BCUT2D eigenvalue weighted by atomic mass is 10.2. The molecule has 24 heavy (non-hydrogen) atoms. The number of piperazine rings is 1. The van der Waals surface area contributed by atoms with Crippen molar-refractivity contribution in [1.29, 1.82) is 0 Å². The van der Waals surface area contributed by atoms with Crippen molar-refractivity contribution in [3.05, 3.63) is 30.1 Å². The summed E-state index contributed by atoms with van der Waals surface area (Å²) < 4.78 is 39.8. The Morgan fingerprint density at radius 3 is 2.58 bits per heavy atom. The number of halogens is 1. The van der Waals surface area contributed by atoms with Gasteiger partial charge in [0.2, 0.25) is 10.0 Å². The van der Waals surface area contributed by atoms with E-state index >= 15 is 0 Å². The van der Waals surface area contributed by atoms with E-state index in [9.17, 15) is 17.6 Å². The van der Waals surface area contributed by atoms with Crippen LogP contribution in [0.15, 0.2) is 29.2 Å². The maximum absolute atomic E-state index is 13.3. The van der Waals surface area contributed by atoms with Gasteiger partial charge in [-0.25, -0.2) is 12.8 Å². The third-order valence-electron chi connectivity index (χ3n) is 4.73. The molecular weight excluding hydrogens is 333 g/mol. The Bertz CT molecular complexity index is 713. The molecule has 1 aromatic carbocycles. The summed E-state index contributed by atoms with van der Waals surface area (Å²) in [5.41, 5.74) is 0. The van der Waals surface area contributed by atoms with Crippen LogP contribution in [0.3, 0.4) is 0 Å². The Labute approximate surface area is 141 Å². The number of nitrogens with one attached hydrogen (secondary N) is 2. The van der Waals surface area contributed by atoms with Gasteiger partial charge in [-0.2, -0.15) is 4.31 Å². The van der Waals surface area contributed by atoms with Gasteiger partial charge in [0.25, 0.3) is 5.91 Å². The van der Waals surface area contributed by atoms with E-state index < -0.39 is 15.8 Å². The summed E-state index contributed by atoms with van der Waals surface area (Å²) in [4.78, 5) is 13.2. The van der Waals surface area contributed by atoms with E-state index in [1.807, 2.05) is 6.92 Å². The van der Waals surface area contributed by atoms with Crippen LogP contribution in [-0.4, -0.2) is 56.9 Å². The van der Waals surface area contributed by atoms with Crippen molar-refractivity contribution in [2.24, 2.45) is 0 Å². The summed E-state index contributed by atoms with van der Waals surface area (Å²) in [7, 11) is -3.68. The molecule has 0 bridgehead atoms. The van der Waals surface area contributed by atoms with Gasteiger partial charge in [-0.05, 0) is 38.0 Å². The van der Waals surface area contributed by atoms with Crippen LogP contribution in [0.2, 0.25) is 0 Å². The smallest absolute Gasteiger partial charge is 0.278 e. The standard InChI is InChI=1S/C16H22FN3O3S/c1-12(16(21)18-14-5-6-14)19-7-9-20(10-8-19)24(22,23)15-4-2-3-13(17)11-15/h2-4,11-12,14H,5-10H2,1H3,(H,18,21)/p+1/t12-/m0/s1. The minimum Gasteiger partial charge on any atom is -0.348 e. The van der Waals surface area contributed by atoms with E-state index in [2.05, 4.69) is 5.32 Å². The van der Waals surface area contributed by atoms with Crippen LogP contribution in [0, 0.1) is 5.82 Å². The van der Waals surface area contributed by atoms with Gasteiger partial charge in [-0.3, -0.25) is 4.79 Å². The molecule has 2 fully saturated rings. The monoisotopic (exact) mass is 356 g/mol. The summed E-state index contributed by atoms with van der Waals surface area (Å²) in [5, 5.41) is 2.99. The maximum Gasteiger partial charge on any atom is 0.278 e. The van der Waals surface area contributed by atoms with Crippen LogP contribution in [-0.2, 0) is 14.8 Å². The Morgan fingerprint density at radius 1 is 1.33 bits per heavy atom. The molecule has 0 spiro atoms. The predicted molar refractivity (Wildman–Crippen MR) is 86.5 cm³/mol. The molecule has 2 N–H and O–H groups in total. The van der Waals surface area contributed by atoms with Crippen molar-refractivity contribution < 1.29 is 22.5 Å². The second-order valence-corrected chi connectivity index (χ2v) is 8.46. The number of rotatable bonds is 5. The number of carbonyl (C=O) groups is 1. The Morgan fingerprint density at radius 2 is 2.00 bits per heavy atom. The molecule has 1 saturated heterocycles. The van der Waals surface area contributed by atoms with E-state index in [4.69, 9.17) is 0 Å². The molecule has 1 aliphatic carbocycles. The van der Waals surface area contributed by atoms with Crippen LogP contribution < -0.4 is 10.2 Å². The molecule has 0 aromatic heterocycles. The van der Waals surface area contributed by atoms with Crippen LogP contribution in [0.4, 0.5) is 4.39 Å². The Hall–Kier alpha value is -1.51. The molecule has 1 heterocycles. The van der Waals surface area contributed by atoms with Crippen molar-refractivity contribution in [2.45, 2.75) is 36.7 Å². The van der Waals surface area contributed by atoms with Gasteiger partial charge in [0.05, 0.1) is 31.1 Å². The van der Waals surface area contributed by atoms with E-state index in [0.29, 0.717) is 32.2 Å². The van der Waals surface area contributed by atoms with Gasteiger partial charge < -0.3 is 10.2 Å². The highest BCUT2D eigenvalue weighted by molar-refractivity contribution is 7.89. The summed E-state index contributed by atoms with van der Waals surface area (Å²) in [6.45, 7) is 3.66. The summed E-state index contributed by atoms with van der Waals surface area (Å²) in [6.07, 6.45) is 2.10. The van der Waals surface area contributed by atoms with Crippen molar-refractivity contribution in [3.8, 4) is 0 Å². The van der Waals surface area contributed by atoms with E-state index in [-0.39, 0.29) is 16.8 Å². The summed E-state index contributed by atoms with van der Waals surface area (Å²) >= 11 is 0. The zero-order valence-electron chi connectivity index (χ0n) is 13.7. The van der Waals surface area contributed by atoms with Crippen molar-refractivity contribution in [3.63, 3.8) is 0 Å². The fourth-order valence-electron chi connectivity index (χ4n) is 2.96. The average molecular weight is 356 g/mol. The number of quaternary nitrogens is 1. The zero-order chi connectivity index (χ0) is 17.3. The third kappa shape index (κ3) is 3.76. The highest BCUT2D eigenvalue weighted by Gasteiger charge is 2.36. The predicted octanol–water partition coefficient (Wildman–Crippen LogP) is -0.618. The van der Waals surface area contributed by atoms with Crippen LogP contribution >= 0.6 is 0 Å². The largest absolute Gasteiger partial charge is 0.348 e. The average Bonchev–Trinajstić information content (AvgIpc) is 3.38. The van der Waals surface area contributed by atoms with Crippen LogP contribution in [0.25, 0.3) is 0 Å². The number of nitrogens with zero attached hydrogens (tertiary/aromatic N) is 1. The van der Waals surface area contributed by atoms with Crippen molar-refractivity contribution in [1.82, 2.24) is 9.62 Å². The zero-order valence-corrected chi connectivity index (χ0v) is 14.5. The normalized spacial score (nSPS) is 21.4. The molecule has 8 heteroatoms. The second-order valence-electron chi connectivity index (χ2n) is 6.52. The van der Waals surface area contributed by atoms with E-state index in [0.717, 1.165) is 23.8 Å². The lowest BCUT2D eigenvalue weighted by molar-refractivity contribution is -0.917. The molecule has 3 rings (SSSR count). The molecule has 2 aliphatic rings. The number of sulfonamides is 1. The molecule has 0 radical (unpaired) electrons. The van der Waals surface area contributed by atoms with Gasteiger partial charge in [0, 0.05) is 6.04 Å². The first-order valence-corrected chi connectivity index (χ1v) is 9.72. The molecule has 1 atom stereocenters. The third-order valence-corrected chi connectivity index (χ3v) is 6.62.